The standard InChI is InChI=1S/C22H16Cl2F2N6O5S/c1-3-37-21(34)11-6-10(23)7-15(16(11)24)38(35,36)31-14-5-4-13(25)19(17(14)26)32-20(33)12-8-28-22(27)29-18(12)9(2)30-32/h4-8,31H,3H2,1-2H3,(H2,27,28,29). The van der Waals surface area contributed by atoms with Crippen LogP contribution in [0.15, 0.2) is 40.2 Å². The van der Waals surface area contributed by atoms with E-state index in [1.807, 2.05) is 4.72 Å². The van der Waals surface area contributed by atoms with Crippen molar-refractivity contribution >= 4 is 61.7 Å². The number of ether oxygens (including phenoxy) is 1. The molecule has 4 rings (SSSR count). The first-order chi connectivity index (χ1) is 17.9. The van der Waals surface area contributed by atoms with Crippen LogP contribution in [0.2, 0.25) is 10.0 Å². The Labute approximate surface area is 223 Å². The molecule has 3 N–H and O–H groups in total. The topological polar surface area (TPSA) is 159 Å². The number of anilines is 2. The molecule has 0 radical (unpaired) electrons. The molecule has 4 aromatic rings. The van der Waals surface area contributed by atoms with Gasteiger partial charge in [-0.15, -0.1) is 0 Å². The first-order valence-electron chi connectivity index (χ1n) is 10.5. The number of hydrogen-bond acceptors (Lipinski definition) is 9. The lowest BCUT2D eigenvalue weighted by molar-refractivity contribution is 0.0526. The Morgan fingerprint density at radius 2 is 1.95 bits per heavy atom. The van der Waals surface area contributed by atoms with Gasteiger partial charge in [-0.2, -0.15) is 9.78 Å². The van der Waals surface area contributed by atoms with Crippen molar-refractivity contribution in [3.05, 3.63) is 73.8 Å². The van der Waals surface area contributed by atoms with Gasteiger partial charge in [-0.25, -0.2) is 32.0 Å². The number of aryl methyl sites for hydroxylation is 1. The number of nitrogen functional groups attached to an aromatic ring is 1. The minimum Gasteiger partial charge on any atom is -0.462 e. The minimum atomic E-state index is -4.71. The predicted octanol–water partition coefficient (Wildman–Crippen LogP) is 3.63. The number of nitrogens with zero attached hydrogens (tertiary/aromatic N) is 4. The molecule has 2 aromatic heterocycles. The van der Waals surface area contributed by atoms with E-state index in [9.17, 15) is 22.4 Å². The van der Waals surface area contributed by atoms with Crippen LogP contribution in [0, 0.1) is 18.6 Å². The zero-order chi connectivity index (χ0) is 27.9. The van der Waals surface area contributed by atoms with E-state index < -0.39 is 54.5 Å². The van der Waals surface area contributed by atoms with Crippen LogP contribution in [0.5, 0.6) is 0 Å². The fraction of sp³-hybridized carbons (Fsp3) is 0.136. The number of nitrogens with one attached hydrogen (secondary N) is 1. The fourth-order valence-corrected chi connectivity index (χ4v) is 5.43. The van der Waals surface area contributed by atoms with Crippen LogP contribution in [-0.4, -0.2) is 40.7 Å². The lowest BCUT2D eigenvalue weighted by Crippen LogP contribution is -2.26. The summed E-state index contributed by atoms with van der Waals surface area (Å²) in [4.78, 5) is 32.1. The number of sulfonamides is 1. The van der Waals surface area contributed by atoms with Crippen molar-refractivity contribution in [1.82, 2.24) is 19.7 Å². The van der Waals surface area contributed by atoms with Gasteiger partial charge >= 0.3 is 5.97 Å². The van der Waals surface area contributed by atoms with Gasteiger partial charge in [0.1, 0.15) is 16.1 Å². The molecular formula is C22H16Cl2F2N6O5S. The normalized spacial score (nSPS) is 11.5. The smallest absolute Gasteiger partial charge is 0.339 e. The summed E-state index contributed by atoms with van der Waals surface area (Å²) < 4.78 is 63.9. The molecule has 0 amide bonds. The fourth-order valence-electron chi connectivity index (χ4n) is 3.47. The van der Waals surface area contributed by atoms with E-state index in [1.54, 1.807) is 0 Å². The summed E-state index contributed by atoms with van der Waals surface area (Å²) in [6, 6.07) is 3.56. The second kappa shape index (κ2) is 10.1. The summed E-state index contributed by atoms with van der Waals surface area (Å²) in [5.41, 5.74) is 2.66. The van der Waals surface area contributed by atoms with E-state index in [0.29, 0.717) is 4.68 Å². The van der Waals surface area contributed by atoms with Crippen molar-refractivity contribution in [2.24, 2.45) is 0 Å². The lowest BCUT2D eigenvalue weighted by Gasteiger charge is -2.15. The maximum atomic E-state index is 15.6. The Kier molecular flexibility index (Phi) is 7.23. The Morgan fingerprint density at radius 1 is 1.24 bits per heavy atom. The van der Waals surface area contributed by atoms with Crippen molar-refractivity contribution in [3.63, 3.8) is 0 Å². The first kappa shape index (κ1) is 27.2. The molecule has 2 aromatic carbocycles. The summed E-state index contributed by atoms with van der Waals surface area (Å²) in [5.74, 6) is -3.77. The van der Waals surface area contributed by atoms with Gasteiger partial charge in [0.15, 0.2) is 11.6 Å². The van der Waals surface area contributed by atoms with Crippen LogP contribution in [0.1, 0.15) is 23.0 Å². The summed E-state index contributed by atoms with van der Waals surface area (Å²) >= 11 is 12.1. The third-order valence-electron chi connectivity index (χ3n) is 5.13. The van der Waals surface area contributed by atoms with Gasteiger partial charge in [0.05, 0.1) is 34.0 Å². The molecule has 0 bridgehead atoms. The molecule has 11 nitrogen and oxygen atoms in total. The first-order valence-corrected chi connectivity index (χ1v) is 12.8. The van der Waals surface area contributed by atoms with Crippen molar-refractivity contribution in [1.29, 1.82) is 0 Å². The van der Waals surface area contributed by atoms with Crippen LogP contribution in [0.4, 0.5) is 20.4 Å². The average Bonchev–Trinajstić information content (AvgIpc) is 2.85. The Bertz CT molecular complexity index is 1800. The largest absolute Gasteiger partial charge is 0.462 e. The van der Waals surface area contributed by atoms with Gasteiger partial charge in [-0.1, -0.05) is 23.2 Å². The molecule has 2 heterocycles. The number of carbonyl (C=O) groups excluding carboxylic acids is 1. The number of halogens is 4. The number of aromatic nitrogens is 4. The van der Waals surface area contributed by atoms with E-state index in [2.05, 4.69) is 15.1 Å². The van der Waals surface area contributed by atoms with E-state index >= 15 is 4.39 Å². The molecule has 16 heteroatoms. The average molecular weight is 585 g/mol. The molecule has 0 unspecified atom stereocenters. The molecule has 0 saturated heterocycles. The van der Waals surface area contributed by atoms with E-state index in [0.717, 1.165) is 30.5 Å². The second-order valence-corrected chi connectivity index (χ2v) is 10.1. The van der Waals surface area contributed by atoms with Crippen molar-refractivity contribution in [2.75, 3.05) is 17.1 Å². The van der Waals surface area contributed by atoms with Crippen LogP contribution < -0.4 is 16.0 Å². The van der Waals surface area contributed by atoms with Crippen molar-refractivity contribution in [3.8, 4) is 5.69 Å². The van der Waals surface area contributed by atoms with Gasteiger partial charge in [-0.05, 0) is 38.1 Å². The van der Waals surface area contributed by atoms with Gasteiger partial charge in [0.2, 0.25) is 5.95 Å². The van der Waals surface area contributed by atoms with E-state index in [1.165, 1.54) is 13.8 Å². The SMILES string of the molecule is CCOC(=O)c1cc(Cl)cc(S(=O)(=O)Nc2ccc(F)c(-n3nc(C)c4nc(N)ncc4c3=O)c2F)c1Cl. The van der Waals surface area contributed by atoms with Crippen LogP contribution in [0.3, 0.4) is 0 Å². The number of carbonyl (C=O) groups is 1. The molecule has 38 heavy (non-hydrogen) atoms. The third kappa shape index (κ3) is 4.85. The molecular weight excluding hydrogens is 569 g/mol. The summed E-state index contributed by atoms with van der Waals surface area (Å²) in [5, 5.41) is 3.07. The summed E-state index contributed by atoms with van der Waals surface area (Å²) in [7, 11) is -4.71. The summed E-state index contributed by atoms with van der Waals surface area (Å²) in [6.07, 6.45) is 1.08. The number of benzene rings is 2. The number of esters is 1. The van der Waals surface area contributed by atoms with Gasteiger partial charge < -0.3 is 10.5 Å². The quantitative estimate of drug-likeness (QED) is 0.322. The Morgan fingerprint density at radius 3 is 2.63 bits per heavy atom. The number of hydrogen-bond donors (Lipinski definition) is 2. The van der Waals surface area contributed by atoms with E-state index in [-0.39, 0.29) is 39.7 Å². The summed E-state index contributed by atoms with van der Waals surface area (Å²) in [6.45, 7) is 2.94. The number of fused-ring (bicyclic) bond motifs is 1. The monoisotopic (exact) mass is 584 g/mol. The molecule has 0 spiro atoms. The number of nitrogens with two attached hydrogens (primary N) is 1. The van der Waals surface area contributed by atoms with Gasteiger partial charge in [0, 0.05) is 11.2 Å². The highest BCUT2D eigenvalue weighted by Crippen LogP contribution is 2.33. The van der Waals surface area contributed by atoms with Crippen molar-refractivity contribution in [2.45, 2.75) is 18.7 Å². The highest BCUT2D eigenvalue weighted by Gasteiger charge is 2.27. The molecule has 0 fully saturated rings. The molecule has 0 aliphatic heterocycles. The number of rotatable bonds is 6. The Balaban J connectivity index is 1.85. The third-order valence-corrected chi connectivity index (χ3v) is 7.26. The minimum absolute atomic E-state index is 0.0211. The maximum Gasteiger partial charge on any atom is 0.339 e. The maximum absolute atomic E-state index is 15.6. The second-order valence-electron chi connectivity index (χ2n) is 7.64. The Hall–Kier alpha value is -3.88. The zero-order valence-electron chi connectivity index (χ0n) is 19.4. The molecule has 0 aliphatic carbocycles. The van der Waals surface area contributed by atoms with Gasteiger partial charge in [-0.3, -0.25) is 9.52 Å². The van der Waals surface area contributed by atoms with Crippen LogP contribution in [-0.2, 0) is 14.8 Å². The molecule has 0 aliphatic rings. The van der Waals surface area contributed by atoms with Gasteiger partial charge in [0.25, 0.3) is 15.6 Å². The molecule has 0 atom stereocenters. The zero-order valence-corrected chi connectivity index (χ0v) is 21.7. The molecule has 0 saturated carbocycles. The predicted molar refractivity (Wildman–Crippen MR) is 135 cm³/mol. The van der Waals surface area contributed by atoms with E-state index in [4.69, 9.17) is 33.7 Å². The van der Waals surface area contributed by atoms with Crippen LogP contribution in [0.25, 0.3) is 16.6 Å². The highest BCUT2D eigenvalue weighted by molar-refractivity contribution is 7.92. The molecule has 198 valence electrons. The highest BCUT2D eigenvalue weighted by atomic mass is 35.5. The van der Waals surface area contributed by atoms with Crippen molar-refractivity contribution < 1.29 is 26.7 Å². The van der Waals surface area contributed by atoms with Crippen LogP contribution >= 0.6 is 23.2 Å². The lowest BCUT2D eigenvalue weighted by atomic mass is 10.2.